The van der Waals surface area contributed by atoms with E-state index in [1.807, 2.05) is 0 Å². The standard InChI is InChI=1S/C8H3BrClF6NO/c9-6-5(18-8(14,15)16)4(7(11,12)13)3(1-10)2-17-6/h2H,1H2. The molecule has 0 fully saturated rings. The molecule has 10 heteroatoms. The maximum Gasteiger partial charge on any atom is 0.573 e. The van der Waals surface area contributed by atoms with Crippen molar-refractivity contribution < 1.29 is 31.1 Å². The number of ether oxygens (including phenoxy) is 1. The molecule has 18 heavy (non-hydrogen) atoms. The maximum absolute atomic E-state index is 12.7. The van der Waals surface area contributed by atoms with Gasteiger partial charge in [-0.05, 0) is 15.9 Å². The fourth-order valence-corrected chi connectivity index (χ4v) is 1.71. The van der Waals surface area contributed by atoms with Gasteiger partial charge in [-0.2, -0.15) is 13.2 Å². The lowest BCUT2D eigenvalue weighted by molar-refractivity contribution is -0.276. The molecule has 0 unspecified atom stereocenters. The Bertz CT molecular complexity index is 446. The van der Waals surface area contributed by atoms with Gasteiger partial charge in [-0.25, -0.2) is 4.98 Å². The van der Waals surface area contributed by atoms with Crippen LogP contribution >= 0.6 is 27.5 Å². The quantitative estimate of drug-likeness (QED) is 0.441. The lowest BCUT2D eigenvalue weighted by Crippen LogP contribution is -2.22. The van der Waals surface area contributed by atoms with Crippen molar-refractivity contribution in [2.75, 3.05) is 0 Å². The molecular formula is C8H3BrClF6NO. The zero-order valence-corrected chi connectivity index (χ0v) is 10.5. The second kappa shape index (κ2) is 5.12. The minimum absolute atomic E-state index is 0.605. The lowest BCUT2D eigenvalue weighted by Gasteiger charge is -2.18. The van der Waals surface area contributed by atoms with Crippen molar-refractivity contribution >= 4 is 27.5 Å². The Labute approximate surface area is 110 Å². The van der Waals surface area contributed by atoms with Crippen LogP contribution in [0.5, 0.6) is 5.75 Å². The van der Waals surface area contributed by atoms with E-state index >= 15 is 0 Å². The number of alkyl halides is 7. The third-order valence-electron chi connectivity index (χ3n) is 1.71. The molecule has 0 aliphatic heterocycles. The Balaban J connectivity index is 3.46. The van der Waals surface area contributed by atoms with Crippen LogP contribution in [0, 0.1) is 0 Å². The summed E-state index contributed by atoms with van der Waals surface area (Å²) in [6, 6.07) is 0. The molecule has 1 aromatic rings. The van der Waals surface area contributed by atoms with E-state index in [1.54, 1.807) is 0 Å². The summed E-state index contributed by atoms with van der Waals surface area (Å²) >= 11 is 7.72. The number of aromatic nitrogens is 1. The van der Waals surface area contributed by atoms with Crippen LogP contribution in [0.2, 0.25) is 0 Å². The van der Waals surface area contributed by atoms with E-state index in [0.717, 1.165) is 6.20 Å². The van der Waals surface area contributed by atoms with Gasteiger partial charge in [-0.15, -0.1) is 24.8 Å². The summed E-state index contributed by atoms with van der Waals surface area (Å²) in [6.07, 6.45) is -9.59. The van der Waals surface area contributed by atoms with Gasteiger partial charge in [-0.1, -0.05) is 0 Å². The number of nitrogens with zero attached hydrogens (tertiary/aromatic N) is 1. The smallest absolute Gasteiger partial charge is 0.402 e. The Morgan fingerprint density at radius 2 is 1.78 bits per heavy atom. The summed E-state index contributed by atoms with van der Waals surface area (Å²) in [4.78, 5) is 3.32. The van der Waals surface area contributed by atoms with E-state index in [0.29, 0.717) is 0 Å². The van der Waals surface area contributed by atoms with Crippen LogP contribution in [0.4, 0.5) is 26.3 Å². The van der Waals surface area contributed by atoms with Crippen LogP contribution in [0.25, 0.3) is 0 Å². The molecule has 0 radical (unpaired) electrons. The highest BCUT2D eigenvalue weighted by Gasteiger charge is 2.42. The van der Waals surface area contributed by atoms with Gasteiger partial charge in [0.15, 0.2) is 5.75 Å². The van der Waals surface area contributed by atoms with Crippen LogP contribution in [0.3, 0.4) is 0 Å². The Hall–Kier alpha value is -0.700. The third kappa shape index (κ3) is 3.64. The van der Waals surface area contributed by atoms with Crippen molar-refractivity contribution in [2.24, 2.45) is 0 Å². The Morgan fingerprint density at radius 3 is 2.17 bits per heavy atom. The molecule has 0 aliphatic carbocycles. The van der Waals surface area contributed by atoms with Gasteiger partial charge >= 0.3 is 12.5 Å². The molecule has 0 aliphatic rings. The first-order valence-electron chi connectivity index (χ1n) is 4.12. The molecule has 0 spiro atoms. The van der Waals surface area contributed by atoms with Crippen molar-refractivity contribution in [2.45, 2.75) is 18.4 Å². The number of hydrogen-bond donors (Lipinski definition) is 0. The van der Waals surface area contributed by atoms with Gasteiger partial charge in [0.1, 0.15) is 10.2 Å². The van der Waals surface area contributed by atoms with E-state index in [-0.39, 0.29) is 0 Å². The predicted molar refractivity (Wildman–Crippen MR) is 53.2 cm³/mol. The summed E-state index contributed by atoms with van der Waals surface area (Å²) in [5, 5.41) is 0. The fourth-order valence-electron chi connectivity index (χ4n) is 1.13. The van der Waals surface area contributed by atoms with Gasteiger partial charge < -0.3 is 4.74 Å². The summed E-state index contributed by atoms with van der Waals surface area (Å²) in [5.74, 6) is -2.10. The van der Waals surface area contributed by atoms with Crippen LogP contribution < -0.4 is 4.74 Å². The van der Waals surface area contributed by atoms with Crippen molar-refractivity contribution in [3.63, 3.8) is 0 Å². The number of pyridine rings is 1. The highest BCUT2D eigenvalue weighted by Crippen LogP contribution is 2.43. The second-order valence-corrected chi connectivity index (χ2v) is 3.98. The zero-order valence-electron chi connectivity index (χ0n) is 8.16. The van der Waals surface area contributed by atoms with E-state index in [2.05, 4.69) is 25.7 Å². The largest absolute Gasteiger partial charge is 0.573 e. The first kappa shape index (κ1) is 15.4. The third-order valence-corrected chi connectivity index (χ3v) is 2.57. The molecule has 1 heterocycles. The minimum Gasteiger partial charge on any atom is -0.402 e. The molecule has 102 valence electrons. The van der Waals surface area contributed by atoms with Crippen LogP contribution in [0.15, 0.2) is 10.8 Å². The van der Waals surface area contributed by atoms with Crippen LogP contribution in [-0.4, -0.2) is 11.3 Å². The van der Waals surface area contributed by atoms with E-state index in [4.69, 9.17) is 11.6 Å². The number of halogens is 8. The van der Waals surface area contributed by atoms with Gasteiger partial charge in [0.2, 0.25) is 0 Å². The van der Waals surface area contributed by atoms with Crippen molar-refractivity contribution in [1.82, 2.24) is 4.98 Å². The molecule has 1 rings (SSSR count). The first-order valence-corrected chi connectivity index (χ1v) is 5.45. The summed E-state index contributed by atoms with van der Waals surface area (Å²) in [5.41, 5.74) is -2.21. The van der Waals surface area contributed by atoms with Crippen molar-refractivity contribution in [3.05, 3.63) is 21.9 Å². The predicted octanol–water partition coefficient (Wildman–Crippen LogP) is 4.50. The second-order valence-electron chi connectivity index (χ2n) is 2.96. The molecular weight excluding hydrogens is 355 g/mol. The van der Waals surface area contributed by atoms with Gasteiger partial charge in [0.05, 0.1) is 0 Å². The molecule has 0 saturated heterocycles. The highest BCUT2D eigenvalue weighted by atomic mass is 79.9. The Kier molecular flexibility index (Phi) is 4.37. The van der Waals surface area contributed by atoms with Crippen molar-refractivity contribution in [3.8, 4) is 5.75 Å². The van der Waals surface area contributed by atoms with E-state index in [9.17, 15) is 26.3 Å². The summed E-state index contributed by atoms with van der Waals surface area (Å²) in [6.45, 7) is 0. The molecule has 0 bridgehead atoms. The highest BCUT2D eigenvalue weighted by molar-refractivity contribution is 9.10. The topological polar surface area (TPSA) is 22.1 Å². The number of hydrogen-bond acceptors (Lipinski definition) is 2. The molecule has 0 N–H and O–H groups in total. The van der Waals surface area contributed by atoms with Crippen LogP contribution in [-0.2, 0) is 12.1 Å². The fraction of sp³-hybridized carbons (Fsp3) is 0.375. The lowest BCUT2D eigenvalue weighted by atomic mass is 10.1. The van der Waals surface area contributed by atoms with Gasteiger partial charge in [0, 0.05) is 17.6 Å². The van der Waals surface area contributed by atoms with Crippen molar-refractivity contribution in [1.29, 1.82) is 0 Å². The normalized spacial score (nSPS) is 12.7. The average molecular weight is 358 g/mol. The summed E-state index contributed by atoms with van der Waals surface area (Å²) < 4.78 is 76.9. The Morgan fingerprint density at radius 1 is 1.22 bits per heavy atom. The minimum atomic E-state index is -5.27. The average Bonchev–Trinajstić information content (AvgIpc) is 2.17. The molecule has 0 amide bonds. The van der Waals surface area contributed by atoms with Gasteiger partial charge in [0.25, 0.3) is 0 Å². The van der Waals surface area contributed by atoms with E-state index < -0.39 is 39.9 Å². The first-order chi connectivity index (χ1) is 8.06. The number of rotatable bonds is 2. The maximum atomic E-state index is 12.7. The monoisotopic (exact) mass is 357 g/mol. The zero-order chi connectivity index (χ0) is 14.1. The summed E-state index contributed by atoms with van der Waals surface area (Å²) in [7, 11) is 0. The van der Waals surface area contributed by atoms with E-state index in [1.165, 1.54) is 0 Å². The molecule has 2 nitrogen and oxygen atoms in total. The van der Waals surface area contributed by atoms with Crippen LogP contribution in [0.1, 0.15) is 11.1 Å². The molecule has 1 aromatic heterocycles. The molecule has 0 atom stereocenters. The molecule has 0 saturated carbocycles. The van der Waals surface area contributed by atoms with Gasteiger partial charge in [-0.3, -0.25) is 0 Å². The molecule has 0 aromatic carbocycles. The SMILES string of the molecule is FC(F)(F)Oc1c(Br)ncc(CCl)c1C(F)(F)F.